The van der Waals surface area contributed by atoms with Gasteiger partial charge in [0.25, 0.3) is 0 Å². The lowest BCUT2D eigenvalue weighted by molar-refractivity contribution is 0.320. The smallest absolute Gasteiger partial charge is 0.122 e. The van der Waals surface area contributed by atoms with Crippen molar-refractivity contribution in [3.05, 3.63) is 45.4 Å². The normalized spacial score (nSPS) is 10.5. The van der Waals surface area contributed by atoms with E-state index in [0.29, 0.717) is 6.61 Å². The van der Waals surface area contributed by atoms with E-state index in [-0.39, 0.29) is 0 Å². The number of hydrogen-bond donors (Lipinski definition) is 0. The third-order valence-electron chi connectivity index (χ3n) is 2.78. The van der Waals surface area contributed by atoms with E-state index in [2.05, 4.69) is 37.0 Å². The summed E-state index contributed by atoms with van der Waals surface area (Å²) in [6.07, 6.45) is 0.934. The van der Waals surface area contributed by atoms with Gasteiger partial charge in [0, 0.05) is 11.3 Å². The Bertz CT molecular complexity index is 505. The number of nitrogens with zero attached hydrogens (tertiary/aromatic N) is 1. The summed E-state index contributed by atoms with van der Waals surface area (Å²) in [5.41, 5.74) is 5.44. The largest absolute Gasteiger partial charge is 0.493 e. The summed E-state index contributed by atoms with van der Waals surface area (Å²) in [5.74, 6) is 0.993. The van der Waals surface area contributed by atoms with Crippen LogP contribution in [0.5, 0.6) is 5.75 Å². The van der Waals surface area contributed by atoms with Gasteiger partial charge >= 0.3 is 0 Å². The van der Waals surface area contributed by atoms with Crippen LogP contribution in [0.4, 0.5) is 0 Å². The highest BCUT2D eigenvalue weighted by molar-refractivity contribution is 7.09. The molecule has 0 saturated carbocycles. The van der Waals surface area contributed by atoms with Gasteiger partial charge in [0.05, 0.1) is 17.8 Å². The molecular formula is C14H17NOS. The van der Waals surface area contributed by atoms with Crippen LogP contribution in [-0.2, 0) is 6.42 Å². The Hall–Kier alpha value is -1.35. The molecular weight excluding hydrogens is 230 g/mol. The van der Waals surface area contributed by atoms with Crippen LogP contribution >= 0.6 is 11.3 Å². The predicted octanol–water partition coefficient (Wildman–Crippen LogP) is 3.69. The summed E-state index contributed by atoms with van der Waals surface area (Å²) in [6.45, 7) is 6.92. The molecule has 1 aromatic carbocycles. The summed E-state index contributed by atoms with van der Waals surface area (Å²) in [7, 11) is 0. The number of aryl methyl sites for hydroxylation is 3. The standard InChI is InChI=1S/C14H17NOS/c1-10-4-5-11(2)13(8-10)16-7-6-14-12(3)15-9-17-14/h4-5,8-9H,6-7H2,1-3H3. The molecule has 3 heteroatoms. The number of rotatable bonds is 4. The molecule has 1 heterocycles. The van der Waals surface area contributed by atoms with Crippen molar-refractivity contribution >= 4 is 11.3 Å². The zero-order valence-electron chi connectivity index (χ0n) is 10.5. The molecule has 2 rings (SSSR count). The highest BCUT2D eigenvalue weighted by Crippen LogP contribution is 2.20. The van der Waals surface area contributed by atoms with E-state index in [1.165, 1.54) is 16.0 Å². The summed E-state index contributed by atoms with van der Waals surface area (Å²) < 4.78 is 5.82. The molecule has 0 aliphatic rings. The van der Waals surface area contributed by atoms with Gasteiger partial charge in [-0.2, -0.15) is 0 Å². The Morgan fingerprint density at radius 2 is 2.06 bits per heavy atom. The second-order valence-electron chi connectivity index (χ2n) is 4.23. The van der Waals surface area contributed by atoms with E-state index in [1.807, 2.05) is 12.4 Å². The molecule has 0 atom stereocenters. The van der Waals surface area contributed by atoms with Crippen LogP contribution in [0, 0.1) is 20.8 Å². The number of hydrogen-bond acceptors (Lipinski definition) is 3. The van der Waals surface area contributed by atoms with Crippen LogP contribution in [0.3, 0.4) is 0 Å². The van der Waals surface area contributed by atoms with Crippen LogP contribution in [-0.4, -0.2) is 11.6 Å². The fraction of sp³-hybridized carbons (Fsp3) is 0.357. The van der Waals surface area contributed by atoms with Crippen molar-refractivity contribution in [3.8, 4) is 5.75 Å². The van der Waals surface area contributed by atoms with Crippen molar-refractivity contribution in [1.29, 1.82) is 0 Å². The van der Waals surface area contributed by atoms with Gasteiger partial charge in [0.2, 0.25) is 0 Å². The summed E-state index contributed by atoms with van der Waals surface area (Å²) in [4.78, 5) is 5.55. The van der Waals surface area contributed by atoms with Crippen LogP contribution in [0.15, 0.2) is 23.7 Å². The average molecular weight is 247 g/mol. The van der Waals surface area contributed by atoms with Crippen molar-refractivity contribution in [1.82, 2.24) is 4.98 Å². The minimum Gasteiger partial charge on any atom is -0.493 e. The molecule has 0 spiro atoms. The third kappa shape index (κ3) is 3.07. The monoisotopic (exact) mass is 247 g/mol. The van der Waals surface area contributed by atoms with Crippen LogP contribution in [0.1, 0.15) is 21.7 Å². The van der Waals surface area contributed by atoms with Crippen molar-refractivity contribution < 1.29 is 4.74 Å². The van der Waals surface area contributed by atoms with Crippen molar-refractivity contribution in [2.45, 2.75) is 27.2 Å². The molecule has 0 unspecified atom stereocenters. The van der Waals surface area contributed by atoms with Crippen molar-refractivity contribution in [2.24, 2.45) is 0 Å². The Morgan fingerprint density at radius 1 is 1.24 bits per heavy atom. The third-order valence-corrected chi connectivity index (χ3v) is 3.77. The quantitative estimate of drug-likeness (QED) is 0.822. The minimum absolute atomic E-state index is 0.716. The van der Waals surface area contributed by atoms with Crippen LogP contribution in [0.2, 0.25) is 0 Å². The van der Waals surface area contributed by atoms with E-state index in [1.54, 1.807) is 11.3 Å². The van der Waals surface area contributed by atoms with Gasteiger partial charge < -0.3 is 4.74 Å². The van der Waals surface area contributed by atoms with Gasteiger partial charge in [0.15, 0.2) is 0 Å². The Balaban J connectivity index is 1.94. The van der Waals surface area contributed by atoms with Gasteiger partial charge in [-0.05, 0) is 38.0 Å². The highest BCUT2D eigenvalue weighted by Gasteiger charge is 2.03. The zero-order chi connectivity index (χ0) is 12.3. The maximum atomic E-state index is 5.82. The zero-order valence-corrected chi connectivity index (χ0v) is 11.3. The number of aromatic nitrogens is 1. The maximum absolute atomic E-state index is 5.82. The van der Waals surface area contributed by atoms with Crippen LogP contribution < -0.4 is 4.74 Å². The molecule has 0 N–H and O–H groups in total. The highest BCUT2D eigenvalue weighted by atomic mass is 32.1. The first-order valence-electron chi connectivity index (χ1n) is 5.76. The first-order valence-corrected chi connectivity index (χ1v) is 6.64. The average Bonchev–Trinajstić information content (AvgIpc) is 2.70. The number of ether oxygens (including phenoxy) is 1. The predicted molar refractivity (Wildman–Crippen MR) is 72.0 cm³/mol. The first-order chi connectivity index (χ1) is 8.16. The van der Waals surface area contributed by atoms with Crippen LogP contribution in [0.25, 0.3) is 0 Å². The maximum Gasteiger partial charge on any atom is 0.122 e. The molecule has 17 heavy (non-hydrogen) atoms. The molecule has 0 saturated heterocycles. The molecule has 1 aromatic heterocycles. The van der Waals surface area contributed by atoms with E-state index in [4.69, 9.17) is 4.74 Å². The Morgan fingerprint density at radius 3 is 2.76 bits per heavy atom. The van der Waals surface area contributed by atoms with Gasteiger partial charge in [-0.3, -0.25) is 0 Å². The Kier molecular flexibility index (Phi) is 3.79. The molecule has 0 fully saturated rings. The minimum atomic E-state index is 0.716. The molecule has 0 amide bonds. The van der Waals surface area contributed by atoms with E-state index in [9.17, 15) is 0 Å². The van der Waals surface area contributed by atoms with E-state index >= 15 is 0 Å². The van der Waals surface area contributed by atoms with Crippen molar-refractivity contribution in [2.75, 3.05) is 6.61 Å². The number of benzene rings is 1. The van der Waals surface area contributed by atoms with E-state index in [0.717, 1.165) is 17.9 Å². The summed E-state index contributed by atoms with van der Waals surface area (Å²) in [6, 6.07) is 6.30. The van der Waals surface area contributed by atoms with Gasteiger partial charge in [-0.25, -0.2) is 4.98 Å². The molecule has 0 radical (unpaired) electrons. The second kappa shape index (κ2) is 5.32. The van der Waals surface area contributed by atoms with Gasteiger partial charge in [0.1, 0.15) is 5.75 Å². The molecule has 2 nitrogen and oxygen atoms in total. The molecule has 0 bridgehead atoms. The number of thiazole rings is 1. The van der Waals surface area contributed by atoms with Crippen molar-refractivity contribution in [3.63, 3.8) is 0 Å². The molecule has 90 valence electrons. The fourth-order valence-electron chi connectivity index (χ4n) is 1.68. The SMILES string of the molecule is Cc1ccc(C)c(OCCc2scnc2C)c1. The molecule has 2 aromatic rings. The van der Waals surface area contributed by atoms with Gasteiger partial charge in [-0.1, -0.05) is 12.1 Å². The lowest BCUT2D eigenvalue weighted by Gasteiger charge is -2.09. The lowest BCUT2D eigenvalue weighted by Crippen LogP contribution is -2.02. The second-order valence-corrected chi connectivity index (χ2v) is 5.17. The molecule has 0 aliphatic carbocycles. The fourth-order valence-corrected chi connectivity index (χ4v) is 2.45. The summed E-state index contributed by atoms with van der Waals surface area (Å²) >= 11 is 1.70. The Labute approximate surface area is 106 Å². The summed E-state index contributed by atoms with van der Waals surface area (Å²) in [5, 5.41) is 0. The topological polar surface area (TPSA) is 22.1 Å². The lowest BCUT2D eigenvalue weighted by atomic mass is 10.1. The first kappa shape index (κ1) is 12.1. The van der Waals surface area contributed by atoms with Gasteiger partial charge in [-0.15, -0.1) is 11.3 Å². The van der Waals surface area contributed by atoms with E-state index < -0.39 is 0 Å². The molecule has 0 aliphatic heterocycles.